The van der Waals surface area contributed by atoms with Gasteiger partial charge in [0.2, 0.25) is 0 Å². The van der Waals surface area contributed by atoms with E-state index in [0.29, 0.717) is 0 Å². The monoisotopic (exact) mass is 385 g/mol. The second-order valence-corrected chi connectivity index (χ2v) is 7.77. The molecule has 2 aromatic rings. The highest BCUT2D eigenvalue weighted by Crippen LogP contribution is 2.40. The number of ether oxygens (including phenoxy) is 1. The zero-order valence-electron chi connectivity index (χ0n) is 11.8. The Morgan fingerprint density at radius 1 is 1.43 bits per heavy atom. The lowest BCUT2D eigenvalue weighted by atomic mass is 10.0. The lowest BCUT2D eigenvalue weighted by Gasteiger charge is -2.20. The molecule has 3 rings (SSSR count). The third-order valence-electron chi connectivity index (χ3n) is 3.57. The summed E-state index contributed by atoms with van der Waals surface area (Å²) in [6.45, 7) is 3.90. The van der Waals surface area contributed by atoms with Crippen molar-refractivity contribution in [3.63, 3.8) is 0 Å². The Hall–Kier alpha value is -0.550. The summed E-state index contributed by atoms with van der Waals surface area (Å²) in [5.41, 5.74) is 2.48. The number of hydrogen-bond donors (Lipinski definition) is 1. The maximum absolute atomic E-state index is 6.12. The Bertz CT molecular complexity index is 643. The molecule has 0 spiro atoms. The van der Waals surface area contributed by atoms with Crippen LogP contribution >= 0.6 is 38.9 Å². The van der Waals surface area contributed by atoms with Gasteiger partial charge in [0.25, 0.3) is 0 Å². The molecule has 0 bridgehead atoms. The summed E-state index contributed by atoms with van der Waals surface area (Å²) in [4.78, 5) is 1.23. The van der Waals surface area contributed by atoms with Crippen molar-refractivity contribution >= 4 is 38.9 Å². The highest BCUT2D eigenvalue weighted by molar-refractivity contribution is 9.10. The zero-order valence-corrected chi connectivity index (χ0v) is 14.9. The van der Waals surface area contributed by atoms with Gasteiger partial charge >= 0.3 is 0 Å². The minimum Gasteiger partial charge on any atom is -0.493 e. The molecule has 1 aromatic carbocycles. The Balaban J connectivity index is 2.04. The molecule has 1 N–H and O–H groups in total. The molecule has 1 unspecified atom stereocenters. The van der Waals surface area contributed by atoms with Crippen molar-refractivity contribution in [1.29, 1.82) is 0 Å². The van der Waals surface area contributed by atoms with E-state index in [9.17, 15) is 0 Å². The van der Waals surface area contributed by atoms with Crippen LogP contribution < -0.4 is 10.1 Å². The second kappa shape index (κ2) is 6.69. The van der Waals surface area contributed by atoms with Crippen LogP contribution in [0, 0.1) is 0 Å². The topological polar surface area (TPSA) is 21.3 Å². The van der Waals surface area contributed by atoms with Crippen LogP contribution in [0.5, 0.6) is 5.75 Å². The van der Waals surface area contributed by atoms with Crippen molar-refractivity contribution in [3.8, 4) is 5.75 Å². The Labute approximate surface area is 142 Å². The van der Waals surface area contributed by atoms with Crippen LogP contribution in [0.2, 0.25) is 4.34 Å². The second-order valence-electron chi connectivity index (χ2n) is 5.11. The van der Waals surface area contributed by atoms with Gasteiger partial charge in [-0.3, -0.25) is 0 Å². The molecule has 1 atom stereocenters. The summed E-state index contributed by atoms with van der Waals surface area (Å²) in [7, 11) is 0. The lowest BCUT2D eigenvalue weighted by molar-refractivity contribution is 0.350. The van der Waals surface area contributed by atoms with Gasteiger partial charge < -0.3 is 10.1 Å². The normalized spacial score (nSPS) is 14.8. The Morgan fingerprint density at radius 2 is 2.29 bits per heavy atom. The van der Waals surface area contributed by atoms with Crippen molar-refractivity contribution in [2.75, 3.05) is 13.2 Å². The highest BCUT2D eigenvalue weighted by Gasteiger charge is 2.25. The van der Waals surface area contributed by atoms with E-state index >= 15 is 0 Å². The molecule has 2 heterocycles. The predicted molar refractivity (Wildman–Crippen MR) is 92.8 cm³/mol. The van der Waals surface area contributed by atoms with E-state index in [1.807, 2.05) is 6.07 Å². The first kappa shape index (κ1) is 15.3. The van der Waals surface area contributed by atoms with Gasteiger partial charge in [0, 0.05) is 21.3 Å². The standard InChI is InChI=1S/C16H17BrClNOS/c1-2-6-19-15(13-3-4-14(18)21-13)12-9-11(17)8-10-5-7-20-16(10)12/h3-4,8-9,15,19H,2,5-7H2,1H3. The summed E-state index contributed by atoms with van der Waals surface area (Å²) in [5.74, 6) is 1.04. The SMILES string of the molecule is CCCNC(c1ccc(Cl)s1)c1cc(Br)cc2c1OCC2. The molecule has 0 aliphatic carbocycles. The van der Waals surface area contributed by atoms with E-state index in [4.69, 9.17) is 16.3 Å². The fourth-order valence-corrected chi connectivity index (χ4v) is 4.33. The molecule has 0 saturated carbocycles. The van der Waals surface area contributed by atoms with Crippen LogP contribution in [0.15, 0.2) is 28.7 Å². The first-order valence-corrected chi connectivity index (χ1v) is 9.11. The molecule has 1 aliphatic heterocycles. The number of fused-ring (bicyclic) bond motifs is 1. The average Bonchev–Trinajstić information content (AvgIpc) is 3.08. The Kier molecular flexibility index (Phi) is 4.89. The van der Waals surface area contributed by atoms with Crippen LogP contribution in [-0.4, -0.2) is 13.2 Å². The van der Waals surface area contributed by atoms with Crippen molar-refractivity contribution in [3.05, 3.63) is 49.1 Å². The molecular weight excluding hydrogens is 370 g/mol. The largest absolute Gasteiger partial charge is 0.493 e. The van der Waals surface area contributed by atoms with Gasteiger partial charge in [-0.1, -0.05) is 34.5 Å². The van der Waals surface area contributed by atoms with Gasteiger partial charge in [0.05, 0.1) is 17.0 Å². The maximum atomic E-state index is 6.12. The molecule has 1 aliphatic rings. The zero-order chi connectivity index (χ0) is 14.8. The van der Waals surface area contributed by atoms with Crippen LogP contribution in [-0.2, 0) is 6.42 Å². The lowest BCUT2D eigenvalue weighted by Crippen LogP contribution is -2.23. The third-order valence-corrected chi connectivity index (χ3v) is 5.32. The molecule has 112 valence electrons. The van der Waals surface area contributed by atoms with E-state index in [0.717, 1.165) is 40.6 Å². The first-order chi connectivity index (χ1) is 10.2. The maximum Gasteiger partial charge on any atom is 0.127 e. The fraction of sp³-hybridized carbons (Fsp3) is 0.375. The van der Waals surface area contributed by atoms with Crippen molar-refractivity contribution in [1.82, 2.24) is 5.32 Å². The number of rotatable bonds is 5. The minimum atomic E-state index is 0.131. The molecule has 1 aromatic heterocycles. The number of thiophene rings is 1. The van der Waals surface area contributed by atoms with Gasteiger partial charge in [-0.25, -0.2) is 0 Å². The quantitative estimate of drug-likeness (QED) is 0.763. The average molecular weight is 387 g/mol. The fourth-order valence-electron chi connectivity index (χ4n) is 2.65. The van der Waals surface area contributed by atoms with Gasteiger partial charge in [-0.2, -0.15) is 0 Å². The highest BCUT2D eigenvalue weighted by atomic mass is 79.9. The third kappa shape index (κ3) is 3.29. The van der Waals surface area contributed by atoms with E-state index in [-0.39, 0.29) is 6.04 Å². The van der Waals surface area contributed by atoms with E-state index in [1.165, 1.54) is 16.0 Å². The van der Waals surface area contributed by atoms with Crippen LogP contribution in [0.25, 0.3) is 0 Å². The summed E-state index contributed by atoms with van der Waals surface area (Å²) in [6, 6.07) is 8.51. The molecule has 0 amide bonds. The summed E-state index contributed by atoms with van der Waals surface area (Å²) >= 11 is 11.4. The Morgan fingerprint density at radius 3 is 3.00 bits per heavy atom. The molecule has 21 heavy (non-hydrogen) atoms. The first-order valence-electron chi connectivity index (χ1n) is 7.12. The van der Waals surface area contributed by atoms with Crippen LogP contribution in [0.3, 0.4) is 0 Å². The summed E-state index contributed by atoms with van der Waals surface area (Å²) < 4.78 is 7.81. The molecular formula is C16H17BrClNOS. The molecule has 0 radical (unpaired) electrons. The number of benzene rings is 1. The van der Waals surface area contributed by atoms with Crippen LogP contribution in [0.4, 0.5) is 0 Å². The smallest absolute Gasteiger partial charge is 0.127 e. The molecule has 2 nitrogen and oxygen atoms in total. The summed E-state index contributed by atoms with van der Waals surface area (Å²) in [5, 5.41) is 3.62. The van der Waals surface area contributed by atoms with Gasteiger partial charge in [0.15, 0.2) is 0 Å². The minimum absolute atomic E-state index is 0.131. The predicted octanol–water partition coefficient (Wildman–Crippen LogP) is 5.19. The van der Waals surface area contributed by atoms with Crippen molar-refractivity contribution in [2.24, 2.45) is 0 Å². The van der Waals surface area contributed by atoms with Gasteiger partial charge in [0.1, 0.15) is 5.75 Å². The van der Waals surface area contributed by atoms with Gasteiger partial charge in [-0.15, -0.1) is 11.3 Å². The molecule has 0 fully saturated rings. The van der Waals surface area contributed by atoms with E-state index in [1.54, 1.807) is 11.3 Å². The van der Waals surface area contributed by atoms with Crippen molar-refractivity contribution in [2.45, 2.75) is 25.8 Å². The van der Waals surface area contributed by atoms with Gasteiger partial charge in [-0.05, 0) is 42.8 Å². The molecule has 0 saturated heterocycles. The van der Waals surface area contributed by atoms with Crippen molar-refractivity contribution < 1.29 is 4.74 Å². The number of hydrogen-bond acceptors (Lipinski definition) is 3. The van der Waals surface area contributed by atoms with E-state index < -0.39 is 0 Å². The molecule has 5 heteroatoms. The number of halogens is 2. The van der Waals surface area contributed by atoms with E-state index in [2.05, 4.69) is 46.4 Å². The summed E-state index contributed by atoms with van der Waals surface area (Å²) in [6.07, 6.45) is 2.07. The van der Waals surface area contributed by atoms with Crippen LogP contribution in [0.1, 0.15) is 35.4 Å². The number of nitrogens with one attached hydrogen (secondary N) is 1.